The van der Waals surface area contributed by atoms with Crippen LogP contribution >= 0.6 is 0 Å². The summed E-state index contributed by atoms with van der Waals surface area (Å²) in [6, 6.07) is 8.98. The van der Waals surface area contributed by atoms with Crippen molar-refractivity contribution < 1.29 is 19.2 Å². The van der Waals surface area contributed by atoms with E-state index in [1.807, 2.05) is 30.3 Å². The van der Waals surface area contributed by atoms with Gasteiger partial charge in [0, 0.05) is 0 Å². The highest BCUT2D eigenvalue weighted by Gasteiger charge is 2.46. The fourth-order valence-electron chi connectivity index (χ4n) is 2.46. The van der Waals surface area contributed by atoms with Crippen LogP contribution in [0.3, 0.4) is 0 Å². The predicted octanol–water partition coefficient (Wildman–Crippen LogP) is 1.96. The Morgan fingerprint density at radius 1 is 1.38 bits per heavy atom. The summed E-state index contributed by atoms with van der Waals surface area (Å²) in [5.41, 5.74) is 1.01. The number of benzene rings is 1. The van der Waals surface area contributed by atoms with E-state index in [1.54, 1.807) is 25.8 Å². The van der Waals surface area contributed by atoms with E-state index in [4.69, 9.17) is 9.57 Å². The Morgan fingerprint density at radius 2 is 2.05 bits per heavy atom. The molecule has 0 radical (unpaired) electrons. The summed E-state index contributed by atoms with van der Waals surface area (Å²) in [4.78, 5) is 29.3. The van der Waals surface area contributed by atoms with Crippen LogP contribution in [0.15, 0.2) is 30.3 Å². The summed E-state index contributed by atoms with van der Waals surface area (Å²) in [5.74, 6) is -0.928. The van der Waals surface area contributed by atoms with E-state index in [0.29, 0.717) is 6.54 Å². The van der Waals surface area contributed by atoms with Crippen LogP contribution in [0.5, 0.6) is 0 Å². The van der Waals surface area contributed by atoms with Gasteiger partial charge < -0.3 is 9.53 Å². The lowest BCUT2D eigenvalue weighted by Gasteiger charge is -2.23. The van der Waals surface area contributed by atoms with Gasteiger partial charge in [0.25, 0.3) is 0 Å². The zero-order valence-corrected chi connectivity index (χ0v) is 12.6. The number of ether oxygens (including phenoxy) is 1. The van der Waals surface area contributed by atoms with Crippen molar-refractivity contribution in [3.63, 3.8) is 0 Å². The lowest BCUT2D eigenvalue weighted by atomic mass is 9.97. The fraction of sp³-hybridized carbons (Fsp3) is 0.500. The van der Waals surface area contributed by atoms with Gasteiger partial charge in [-0.3, -0.25) is 9.63 Å². The number of esters is 1. The van der Waals surface area contributed by atoms with Crippen LogP contribution in [0.1, 0.15) is 26.3 Å². The van der Waals surface area contributed by atoms with E-state index in [0.717, 1.165) is 11.8 Å². The molecule has 0 aromatic heterocycles. The average Bonchev–Trinajstić information content (AvgIpc) is 2.74. The molecule has 1 aliphatic heterocycles. The van der Waals surface area contributed by atoms with Crippen LogP contribution in [0.25, 0.3) is 0 Å². The third-order valence-corrected chi connectivity index (χ3v) is 3.45. The van der Waals surface area contributed by atoms with Crippen LogP contribution in [0.2, 0.25) is 0 Å². The summed E-state index contributed by atoms with van der Waals surface area (Å²) in [7, 11) is 0. The van der Waals surface area contributed by atoms with Gasteiger partial charge in [-0.1, -0.05) is 30.3 Å². The number of carbonyl (C=O) groups is 2. The van der Waals surface area contributed by atoms with E-state index in [-0.39, 0.29) is 12.2 Å². The molecule has 5 nitrogen and oxygen atoms in total. The smallest absolute Gasteiger partial charge is 0.326 e. The lowest BCUT2D eigenvalue weighted by molar-refractivity contribution is -0.186. The van der Waals surface area contributed by atoms with Crippen molar-refractivity contribution in [3.8, 4) is 0 Å². The minimum absolute atomic E-state index is 0.223. The van der Waals surface area contributed by atoms with Crippen LogP contribution in [-0.2, 0) is 25.7 Å². The molecular weight excluding hydrogens is 270 g/mol. The fourth-order valence-corrected chi connectivity index (χ4v) is 2.46. The minimum Gasteiger partial charge on any atom is -0.462 e. The molecule has 0 unspecified atom stereocenters. The van der Waals surface area contributed by atoms with Crippen molar-refractivity contribution >= 4 is 12.3 Å². The number of hydrogen-bond acceptors (Lipinski definition) is 5. The summed E-state index contributed by atoms with van der Waals surface area (Å²) in [5, 5.41) is 1.56. The van der Waals surface area contributed by atoms with Crippen LogP contribution in [0.4, 0.5) is 0 Å². The Bertz CT molecular complexity index is 488. The van der Waals surface area contributed by atoms with Gasteiger partial charge in [-0.2, -0.15) is 5.06 Å². The van der Waals surface area contributed by atoms with E-state index < -0.39 is 17.9 Å². The second kappa shape index (κ2) is 6.83. The van der Waals surface area contributed by atoms with Gasteiger partial charge in [0.15, 0.2) is 0 Å². The minimum atomic E-state index is -0.694. The van der Waals surface area contributed by atoms with E-state index in [1.165, 1.54) is 0 Å². The molecule has 0 N–H and O–H groups in total. The molecule has 3 atom stereocenters. The Labute approximate surface area is 124 Å². The first-order chi connectivity index (χ1) is 10.0. The van der Waals surface area contributed by atoms with Crippen molar-refractivity contribution in [2.75, 3.05) is 0 Å². The number of nitrogens with zero attached hydrogens (tertiary/aromatic N) is 1. The van der Waals surface area contributed by atoms with Gasteiger partial charge in [-0.25, -0.2) is 0 Å². The molecule has 0 spiro atoms. The van der Waals surface area contributed by atoms with Gasteiger partial charge in [-0.05, 0) is 26.3 Å². The second-order valence-corrected chi connectivity index (χ2v) is 5.52. The molecule has 1 fully saturated rings. The predicted molar refractivity (Wildman–Crippen MR) is 77.1 cm³/mol. The van der Waals surface area contributed by atoms with Crippen molar-refractivity contribution in [3.05, 3.63) is 35.9 Å². The molecule has 0 aliphatic carbocycles. The Balaban J connectivity index is 2.17. The Kier molecular flexibility index (Phi) is 5.09. The highest BCUT2D eigenvalue weighted by molar-refractivity contribution is 5.81. The molecule has 1 aliphatic rings. The molecule has 0 bridgehead atoms. The molecule has 1 saturated heterocycles. The number of rotatable bonds is 5. The van der Waals surface area contributed by atoms with Crippen LogP contribution < -0.4 is 0 Å². The molecule has 2 rings (SSSR count). The molecule has 0 saturated carbocycles. The maximum Gasteiger partial charge on any atom is 0.326 e. The summed E-state index contributed by atoms with van der Waals surface area (Å²) < 4.78 is 5.26. The first kappa shape index (κ1) is 15.7. The normalized spacial score (nSPS) is 26.0. The first-order valence-corrected chi connectivity index (χ1v) is 7.16. The third-order valence-electron chi connectivity index (χ3n) is 3.45. The molecule has 0 amide bonds. The Morgan fingerprint density at radius 3 is 2.62 bits per heavy atom. The molecule has 1 aromatic carbocycles. The SMILES string of the molecule is CC(C)OC(=O)[C@H]1[C@H](C=O)[C@@H](C)ON1Cc1ccccc1. The quantitative estimate of drug-likeness (QED) is 0.613. The highest BCUT2D eigenvalue weighted by Crippen LogP contribution is 2.29. The van der Waals surface area contributed by atoms with Crippen molar-refractivity contribution in [1.82, 2.24) is 5.06 Å². The summed E-state index contributed by atoms with van der Waals surface area (Å²) in [6.07, 6.45) is 0.220. The highest BCUT2D eigenvalue weighted by atomic mass is 16.7. The average molecular weight is 291 g/mol. The van der Waals surface area contributed by atoms with Gasteiger partial charge >= 0.3 is 5.97 Å². The second-order valence-electron chi connectivity index (χ2n) is 5.52. The molecule has 1 aromatic rings. The molecule has 1 heterocycles. The van der Waals surface area contributed by atoms with Gasteiger partial charge in [-0.15, -0.1) is 0 Å². The topological polar surface area (TPSA) is 55.8 Å². The van der Waals surface area contributed by atoms with Crippen LogP contribution in [-0.4, -0.2) is 35.6 Å². The molecule has 21 heavy (non-hydrogen) atoms. The third kappa shape index (κ3) is 3.68. The first-order valence-electron chi connectivity index (χ1n) is 7.16. The zero-order valence-electron chi connectivity index (χ0n) is 12.6. The van der Waals surface area contributed by atoms with Gasteiger partial charge in [0.2, 0.25) is 0 Å². The summed E-state index contributed by atoms with van der Waals surface area (Å²) in [6.45, 7) is 5.80. The van der Waals surface area contributed by atoms with E-state index in [2.05, 4.69) is 0 Å². The van der Waals surface area contributed by atoms with Crippen molar-refractivity contribution in [1.29, 1.82) is 0 Å². The largest absolute Gasteiger partial charge is 0.462 e. The zero-order chi connectivity index (χ0) is 15.4. The van der Waals surface area contributed by atoms with Crippen LogP contribution in [0, 0.1) is 5.92 Å². The number of hydrogen-bond donors (Lipinski definition) is 0. The number of carbonyl (C=O) groups excluding carboxylic acids is 2. The summed E-state index contributed by atoms with van der Waals surface area (Å²) >= 11 is 0. The van der Waals surface area contributed by atoms with E-state index >= 15 is 0 Å². The monoisotopic (exact) mass is 291 g/mol. The maximum absolute atomic E-state index is 12.3. The Hall–Kier alpha value is -1.72. The van der Waals surface area contributed by atoms with Gasteiger partial charge in [0.1, 0.15) is 12.3 Å². The molecular formula is C16H21NO4. The number of aldehydes is 1. The lowest BCUT2D eigenvalue weighted by Crippen LogP contribution is -2.41. The van der Waals surface area contributed by atoms with E-state index in [9.17, 15) is 9.59 Å². The maximum atomic E-state index is 12.3. The number of hydroxylamine groups is 2. The van der Waals surface area contributed by atoms with Crippen molar-refractivity contribution in [2.45, 2.75) is 45.6 Å². The molecule has 5 heteroatoms. The van der Waals surface area contributed by atoms with Gasteiger partial charge in [0.05, 0.1) is 24.7 Å². The van der Waals surface area contributed by atoms with Crippen molar-refractivity contribution in [2.24, 2.45) is 5.92 Å². The standard InChI is InChI=1S/C16H21NO4/c1-11(2)20-16(19)15-14(10-18)12(3)21-17(15)9-13-7-5-4-6-8-13/h4-8,10-12,14-15H,9H2,1-3H3/t12-,14-,15-/m1/s1. The molecule has 114 valence electrons.